The molecule has 0 N–H and O–H groups in total. The molecule has 3 heteroatoms. The number of nitrogens with zero attached hydrogens (tertiary/aromatic N) is 1. The fraction of sp³-hybridized carbons (Fsp3) is 0.444. The van der Waals surface area contributed by atoms with Crippen molar-refractivity contribution in [1.82, 2.24) is 0 Å². The molecule has 1 aromatic rings. The molecule has 0 aromatic carbocycles. The summed E-state index contributed by atoms with van der Waals surface area (Å²) < 4.78 is 0. The van der Waals surface area contributed by atoms with Gasteiger partial charge in [-0.05, 0) is 31.2 Å². The molecule has 1 aliphatic carbocycles. The molecule has 0 radical (unpaired) electrons. The second kappa shape index (κ2) is 3.21. The van der Waals surface area contributed by atoms with Gasteiger partial charge in [0.05, 0.1) is 5.69 Å². The monoisotopic (exact) mass is 179 g/mol. The standard InChI is InChI=1S/C9H9NOS/c11-6-10-8-5-12-9-4-2-1-3-7(8)9/h5H,1-4H2. The number of aryl methyl sites for hydroxylation is 1. The van der Waals surface area contributed by atoms with Crippen LogP contribution in [0.5, 0.6) is 0 Å². The number of fused-ring (bicyclic) bond motifs is 1. The molecular weight excluding hydrogens is 170 g/mol. The molecule has 0 atom stereocenters. The van der Waals surface area contributed by atoms with E-state index >= 15 is 0 Å². The quantitative estimate of drug-likeness (QED) is 0.481. The summed E-state index contributed by atoms with van der Waals surface area (Å²) >= 11 is 1.72. The van der Waals surface area contributed by atoms with Crippen LogP contribution in [0.2, 0.25) is 0 Å². The Bertz CT molecular complexity index is 336. The van der Waals surface area contributed by atoms with Crippen molar-refractivity contribution in [3.05, 3.63) is 15.8 Å². The van der Waals surface area contributed by atoms with Crippen molar-refractivity contribution in [3.63, 3.8) is 0 Å². The van der Waals surface area contributed by atoms with Gasteiger partial charge < -0.3 is 0 Å². The Balaban J connectivity index is 2.44. The van der Waals surface area contributed by atoms with Crippen LogP contribution >= 0.6 is 11.3 Å². The highest BCUT2D eigenvalue weighted by molar-refractivity contribution is 7.10. The van der Waals surface area contributed by atoms with Gasteiger partial charge in [-0.15, -0.1) is 11.3 Å². The van der Waals surface area contributed by atoms with Gasteiger partial charge in [0.1, 0.15) is 0 Å². The lowest BCUT2D eigenvalue weighted by Crippen LogP contribution is -1.97. The van der Waals surface area contributed by atoms with E-state index in [9.17, 15) is 4.79 Å². The average molecular weight is 179 g/mol. The largest absolute Gasteiger partial charge is 0.240 e. The highest BCUT2D eigenvalue weighted by Gasteiger charge is 2.14. The lowest BCUT2D eigenvalue weighted by atomic mass is 9.98. The van der Waals surface area contributed by atoms with E-state index in [2.05, 4.69) is 4.99 Å². The SMILES string of the molecule is O=C=Nc1csc2c1CCCC2. The zero-order valence-corrected chi connectivity index (χ0v) is 7.49. The number of thiophene rings is 1. The number of hydrogen-bond donors (Lipinski definition) is 0. The fourth-order valence-electron chi connectivity index (χ4n) is 1.62. The molecule has 0 aliphatic heterocycles. The molecule has 0 saturated heterocycles. The van der Waals surface area contributed by atoms with Gasteiger partial charge >= 0.3 is 0 Å². The summed E-state index contributed by atoms with van der Waals surface area (Å²) in [5.41, 5.74) is 2.14. The van der Waals surface area contributed by atoms with E-state index < -0.39 is 0 Å². The zero-order chi connectivity index (χ0) is 8.39. The molecule has 0 saturated carbocycles. The molecule has 1 aromatic heterocycles. The molecule has 12 heavy (non-hydrogen) atoms. The Kier molecular flexibility index (Phi) is 2.07. The Labute approximate surface area is 74.9 Å². The van der Waals surface area contributed by atoms with Gasteiger partial charge in [0.25, 0.3) is 0 Å². The molecule has 0 amide bonds. The number of rotatable bonds is 1. The summed E-state index contributed by atoms with van der Waals surface area (Å²) in [4.78, 5) is 15.2. The van der Waals surface area contributed by atoms with E-state index in [1.165, 1.54) is 23.3 Å². The van der Waals surface area contributed by atoms with Crippen LogP contribution in [0.3, 0.4) is 0 Å². The minimum Gasteiger partial charge on any atom is -0.211 e. The van der Waals surface area contributed by atoms with Crippen LogP contribution in [-0.2, 0) is 17.6 Å². The normalized spacial score (nSPS) is 15.0. The molecule has 0 fully saturated rings. The smallest absolute Gasteiger partial charge is 0.211 e. The van der Waals surface area contributed by atoms with Crippen molar-refractivity contribution in [2.24, 2.45) is 4.99 Å². The summed E-state index contributed by atoms with van der Waals surface area (Å²) in [6.45, 7) is 0. The molecule has 0 unspecified atom stereocenters. The molecule has 1 heterocycles. The highest BCUT2D eigenvalue weighted by Crippen LogP contribution is 2.34. The van der Waals surface area contributed by atoms with Gasteiger partial charge in [0.2, 0.25) is 6.08 Å². The third-order valence-corrected chi connectivity index (χ3v) is 3.28. The van der Waals surface area contributed by atoms with Crippen LogP contribution in [0.1, 0.15) is 23.3 Å². The van der Waals surface area contributed by atoms with Gasteiger partial charge in [0, 0.05) is 10.3 Å². The van der Waals surface area contributed by atoms with E-state index in [1.807, 2.05) is 5.38 Å². The summed E-state index contributed by atoms with van der Waals surface area (Å²) in [6, 6.07) is 0. The maximum absolute atomic E-state index is 10.1. The Morgan fingerprint density at radius 1 is 1.42 bits per heavy atom. The maximum Gasteiger partial charge on any atom is 0.240 e. The maximum atomic E-state index is 10.1. The van der Waals surface area contributed by atoms with Crippen molar-refractivity contribution in [2.75, 3.05) is 0 Å². The molecule has 1 aliphatic rings. The summed E-state index contributed by atoms with van der Waals surface area (Å²) in [5.74, 6) is 0. The summed E-state index contributed by atoms with van der Waals surface area (Å²) in [6.07, 6.45) is 6.35. The first kappa shape index (κ1) is 7.71. The highest BCUT2D eigenvalue weighted by atomic mass is 32.1. The van der Waals surface area contributed by atoms with Crippen LogP contribution in [0, 0.1) is 0 Å². The lowest BCUT2D eigenvalue weighted by molar-refractivity contribution is 0.565. The second-order valence-corrected chi connectivity index (χ2v) is 3.90. The fourth-order valence-corrected chi connectivity index (χ4v) is 2.68. The van der Waals surface area contributed by atoms with Gasteiger partial charge in [-0.1, -0.05) is 0 Å². The van der Waals surface area contributed by atoms with Crippen LogP contribution < -0.4 is 0 Å². The summed E-state index contributed by atoms with van der Waals surface area (Å²) in [5, 5.41) is 1.96. The van der Waals surface area contributed by atoms with Crippen molar-refractivity contribution in [2.45, 2.75) is 25.7 Å². The molecule has 0 spiro atoms. The zero-order valence-electron chi connectivity index (χ0n) is 6.67. The van der Waals surface area contributed by atoms with Crippen molar-refractivity contribution in [1.29, 1.82) is 0 Å². The van der Waals surface area contributed by atoms with E-state index in [-0.39, 0.29) is 0 Å². The van der Waals surface area contributed by atoms with E-state index in [4.69, 9.17) is 0 Å². The molecule has 2 nitrogen and oxygen atoms in total. The molecular formula is C9H9NOS. The Morgan fingerprint density at radius 3 is 3.08 bits per heavy atom. The number of hydrogen-bond acceptors (Lipinski definition) is 3. The van der Waals surface area contributed by atoms with Gasteiger partial charge in [-0.3, -0.25) is 0 Å². The van der Waals surface area contributed by atoms with Crippen molar-refractivity contribution in [3.8, 4) is 0 Å². The minimum atomic E-state index is 0.852. The van der Waals surface area contributed by atoms with Gasteiger partial charge in [-0.2, -0.15) is 4.99 Å². The second-order valence-electron chi connectivity index (χ2n) is 2.93. The average Bonchev–Trinajstić information content (AvgIpc) is 2.50. The first-order valence-corrected chi connectivity index (χ1v) is 4.97. The van der Waals surface area contributed by atoms with Crippen LogP contribution in [0.15, 0.2) is 10.4 Å². The van der Waals surface area contributed by atoms with Crippen molar-refractivity contribution < 1.29 is 4.79 Å². The lowest BCUT2D eigenvalue weighted by Gasteiger charge is -2.09. The van der Waals surface area contributed by atoms with E-state index in [1.54, 1.807) is 17.4 Å². The summed E-state index contributed by atoms with van der Waals surface area (Å²) in [7, 11) is 0. The van der Waals surface area contributed by atoms with Crippen molar-refractivity contribution >= 4 is 23.1 Å². The number of isocyanates is 1. The Hall–Kier alpha value is -0.920. The van der Waals surface area contributed by atoms with Gasteiger partial charge in [-0.25, -0.2) is 4.79 Å². The third kappa shape index (κ3) is 1.22. The number of carbonyl (C=O) groups excluding carboxylic acids is 1. The van der Waals surface area contributed by atoms with Crippen LogP contribution in [0.4, 0.5) is 5.69 Å². The van der Waals surface area contributed by atoms with E-state index in [0.29, 0.717) is 0 Å². The van der Waals surface area contributed by atoms with Crippen LogP contribution in [-0.4, -0.2) is 6.08 Å². The molecule has 0 bridgehead atoms. The topological polar surface area (TPSA) is 29.4 Å². The molecule has 62 valence electrons. The van der Waals surface area contributed by atoms with E-state index in [0.717, 1.165) is 18.5 Å². The Morgan fingerprint density at radius 2 is 2.25 bits per heavy atom. The third-order valence-electron chi connectivity index (χ3n) is 2.21. The predicted molar refractivity (Wildman–Crippen MR) is 48.7 cm³/mol. The first-order valence-electron chi connectivity index (χ1n) is 4.09. The van der Waals surface area contributed by atoms with Gasteiger partial charge in [0.15, 0.2) is 0 Å². The predicted octanol–water partition coefficient (Wildman–Crippen LogP) is 2.59. The first-order chi connectivity index (χ1) is 5.92. The molecule has 2 rings (SSSR count). The number of aliphatic imine (C=N–C) groups is 1. The minimum absolute atomic E-state index is 0.852. The van der Waals surface area contributed by atoms with Crippen LogP contribution in [0.25, 0.3) is 0 Å².